The highest BCUT2D eigenvalue weighted by Crippen LogP contribution is 2.16. The molecule has 15 heavy (non-hydrogen) atoms. The van der Waals surface area contributed by atoms with E-state index in [9.17, 15) is 4.79 Å². The van der Waals surface area contributed by atoms with Crippen LogP contribution in [0.15, 0.2) is 0 Å². The minimum atomic E-state index is 0.357. The highest BCUT2D eigenvalue weighted by atomic mass is 32.1. The quantitative estimate of drug-likeness (QED) is 0.719. The van der Waals surface area contributed by atoms with Crippen LogP contribution in [0.3, 0.4) is 0 Å². The molecule has 0 radical (unpaired) electrons. The van der Waals surface area contributed by atoms with E-state index in [1.807, 2.05) is 0 Å². The van der Waals surface area contributed by atoms with E-state index >= 15 is 0 Å². The van der Waals surface area contributed by atoms with Gasteiger partial charge in [-0.15, -0.1) is 0 Å². The molecule has 3 heteroatoms. The summed E-state index contributed by atoms with van der Waals surface area (Å²) in [7, 11) is 0. The molecule has 0 aliphatic carbocycles. The van der Waals surface area contributed by atoms with E-state index in [2.05, 4.69) is 24.5 Å². The fourth-order valence-corrected chi connectivity index (χ4v) is 2.49. The second-order valence-electron chi connectivity index (χ2n) is 4.49. The van der Waals surface area contributed by atoms with Crippen LogP contribution < -0.4 is 0 Å². The van der Waals surface area contributed by atoms with Crippen molar-refractivity contribution in [3.05, 3.63) is 0 Å². The molecule has 1 unspecified atom stereocenters. The van der Waals surface area contributed by atoms with Crippen molar-refractivity contribution in [1.29, 1.82) is 0 Å². The van der Waals surface area contributed by atoms with Crippen LogP contribution in [0, 0.1) is 5.92 Å². The van der Waals surface area contributed by atoms with Crippen LogP contribution in [-0.2, 0) is 4.79 Å². The van der Waals surface area contributed by atoms with Gasteiger partial charge in [0, 0.05) is 19.5 Å². The van der Waals surface area contributed by atoms with Gasteiger partial charge < -0.3 is 4.90 Å². The van der Waals surface area contributed by atoms with Gasteiger partial charge in [-0.2, -0.15) is 12.6 Å². The van der Waals surface area contributed by atoms with Crippen molar-refractivity contribution in [1.82, 2.24) is 4.90 Å². The van der Waals surface area contributed by atoms with Crippen molar-refractivity contribution < 1.29 is 4.79 Å². The van der Waals surface area contributed by atoms with Gasteiger partial charge >= 0.3 is 0 Å². The lowest BCUT2D eigenvalue weighted by atomic mass is 10.1. The Labute approximate surface area is 98.8 Å². The Bertz CT molecular complexity index is 196. The smallest absolute Gasteiger partial charge is 0.222 e. The van der Waals surface area contributed by atoms with Crippen molar-refractivity contribution in [2.24, 2.45) is 5.92 Å². The first-order valence-corrected chi connectivity index (χ1v) is 6.79. The van der Waals surface area contributed by atoms with E-state index in [4.69, 9.17) is 0 Å². The zero-order valence-electron chi connectivity index (χ0n) is 9.74. The maximum atomic E-state index is 11.8. The fourth-order valence-electron chi connectivity index (χ4n) is 2.19. The lowest BCUT2D eigenvalue weighted by Gasteiger charge is -2.25. The molecule has 0 bridgehead atoms. The van der Waals surface area contributed by atoms with Gasteiger partial charge in [-0.25, -0.2) is 0 Å². The van der Waals surface area contributed by atoms with Crippen LogP contribution in [-0.4, -0.2) is 29.6 Å². The standard InChI is InChI=1S/C12H23NOS/c1-2-6-11(10-15)9-13-8-5-3-4-7-12(13)14/h11,15H,2-10H2,1H3. The Morgan fingerprint density at radius 3 is 2.87 bits per heavy atom. The van der Waals surface area contributed by atoms with Crippen LogP contribution in [0.25, 0.3) is 0 Å². The Balaban J connectivity index is 2.42. The lowest BCUT2D eigenvalue weighted by Crippen LogP contribution is -2.35. The minimum absolute atomic E-state index is 0.357. The monoisotopic (exact) mass is 229 g/mol. The molecule has 1 heterocycles. The highest BCUT2D eigenvalue weighted by molar-refractivity contribution is 7.80. The van der Waals surface area contributed by atoms with Crippen molar-refractivity contribution in [3.63, 3.8) is 0 Å². The molecule has 0 saturated carbocycles. The second-order valence-corrected chi connectivity index (χ2v) is 4.85. The predicted octanol–water partition coefficient (Wildman–Crippen LogP) is 2.74. The summed E-state index contributed by atoms with van der Waals surface area (Å²) in [5.74, 6) is 1.84. The van der Waals surface area contributed by atoms with Gasteiger partial charge in [0.2, 0.25) is 5.91 Å². The third kappa shape index (κ3) is 4.45. The van der Waals surface area contributed by atoms with Crippen molar-refractivity contribution in [2.75, 3.05) is 18.8 Å². The van der Waals surface area contributed by atoms with Crippen LogP contribution in [0.5, 0.6) is 0 Å². The summed E-state index contributed by atoms with van der Waals surface area (Å²) < 4.78 is 0. The van der Waals surface area contributed by atoms with Gasteiger partial charge in [-0.3, -0.25) is 4.79 Å². The van der Waals surface area contributed by atoms with Crippen LogP contribution in [0.2, 0.25) is 0 Å². The molecular weight excluding hydrogens is 206 g/mol. The third-order valence-electron chi connectivity index (χ3n) is 3.11. The van der Waals surface area contributed by atoms with Crippen LogP contribution in [0.1, 0.15) is 45.4 Å². The molecule has 0 aromatic rings. The summed E-state index contributed by atoms with van der Waals surface area (Å²) in [6.07, 6.45) is 6.60. The van der Waals surface area contributed by atoms with E-state index in [0.717, 1.165) is 31.7 Å². The maximum absolute atomic E-state index is 11.8. The van der Waals surface area contributed by atoms with Gasteiger partial charge in [-0.1, -0.05) is 19.8 Å². The van der Waals surface area contributed by atoms with Gasteiger partial charge in [-0.05, 0) is 30.9 Å². The van der Waals surface area contributed by atoms with Gasteiger partial charge in [0.1, 0.15) is 0 Å². The first-order valence-electron chi connectivity index (χ1n) is 6.16. The van der Waals surface area contributed by atoms with E-state index in [-0.39, 0.29) is 0 Å². The summed E-state index contributed by atoms with van der Waals surface area (Å²) in [6, 6.07) is 0. The Morgan fingerprint density at radius 2 is 2.20 bits per heavy atom. The average Bonchev–Trinajstić information content (AvgIpc) is 2.43. The number of rotatable bonds is 5. The molecule has 0 aromatic heterocycles. The molecule has 1 aliphatic heterocycles. The van der Waals surface area contributed by atoms with Crippen molar-refractivity contribution in [3.8, 4) is 0 Å². The zero-order chi connectivity index (χ0) is 11.1. The Morgan fingerprint density at radius 1 is 1.40 bits per heavy atom. The average molecular weight is 229 g/mol. The zero-order valence-corrected chi connectivity index (χ0v) is 10.6. The van der Waals surface area contributed by atoms with E-state index in [1.165, 1.54) is 25.7 Å². The molecule has 1 aliphatic rings. The molecule has 1 saturated heterocycles. The van der Waals surface area contributed by atoms with Crippen LogP contribution in [0.4, 0.5) is 0 Å². The Hall–Kier alpha value is -0.180. The first-order chi connectivity index (χ1) is 7.27. The van der Waals surface area contributed by atoms with E-state index in [1.54, 1.807) is 0 Å². The topological polar surface area (TPSA) is 20.3 Å². The summed E-state index contributed by atoms with van der Waals surface area (Å²) in [5, 5.41) is 0. The Kier molecular flexibility index (Phi) is 6.15. The largest absolute Gasteiger partial charge is 0.342 e. The number of nitrogens with zero attached hydrogens (tertiary/aromatic N) is 1. The number of carbonyl (C=O) groups is 1. The summed E-state index contributed by atoms with van der Waals surface area (Å²) in [6.45, 7) is 4.09. The molecule has 1 rings (SSSR count). The SMILES string of the molecule is CCCC(CS)CN1CCCCCC1=O. The van der Waals surface area contributed by atoms with E-state index < -0.39 is 0 Å². The molecule has 1 amide bonds. The molecule has 1 fully saturated rings. The van der Waals surface area contributed by atoms with Gasteiger partial charge in [0.05, 0.1) is 0 Å². The van der Waals surface area contributed by atoms with Gasteiger partial charge in [0.15, 0.2) is 0 Å². The molecule has 0 N–H and O–H groups in total. The fraction of sp³-hybridized carbons (Fsp3) is 0.917. The van der Waals surface area contributed by atoms with E-state index in [0.29, 0.717) is 11.8 Å². The maximum Gasteiger partial charge on any atom is 0.222 e. The number of thiol groups is 1. The second kappa shape index (κ2) is 7.15. The van der Waals surface area contributed by atoms with Crippen molar-refractivity contribution in [2.45, 2.75) is 45.4 Å². The highest BCUT2D eigenvalue weighted by Gasteiger charge is 2.19. The molecule has 1 atom stereocenters. The normalized spacial score (nSPS) is 20.1. The molecular formula is C12H23NOS. The minimum Gasteiger partial charge on any atom is -0.342 e. The molecule has 0 aromatic carbocycles. The predicted molar refractivity (Wildman–Crippen MR) is 67.3 cm³/mol. The number of likely N-dealkylation sites (tertiary alicyclic amines) is 1. The lowest BCUT2D eigenvalue weighted by molar-refractivity contribution is -0.131. The van der Waals surface area contributed by atoms with Crippen molar-refractivity contribution >= 4 is 18.5 Å². The number of hydrogen-bond donors (Lipinski definition) is 1. The summed E-state index contributed by atoms with van der Waals surface area (Å²) in [4.78, 5) is 13.8. The first kappa shape index (κ1) is 12.9. The number of carbonyl (C=O) groups excluding carboxylic acids is 1. The molecule has 2 nitrogen and oxygen atoms in total. The molecule has 0 spiro atoms. The number of hydrogen-bond acceptors (Lipinski definition) is 2. The van der Waals surface area contributed by atoms with Gasteiger partial charge in [0.25, 0.3) is 0 Å². The summed E-state index contributed by atoms with van der Waals surface area (Å²) >= 11 is 4.37. The van der Waals surface area contributed by atoms with Crippen LogP contribution >= 0.6 is 12.6 Å². The number of amides is 1. The summed E-state index contributed by atoms with van der Waals surface area (Å²) in [5.41, 5.74) is 0. The molecule has 88 valence electrons. The third-order valence-corrected chi connectivity index (χ3v) is 3.62.